The molecule has 0 amide bonds. The minimum atomic E-state index is -0.366. The molecule has 5 nitrogen and oxygen atoms in total. The summed E-state index contributed by atoms with van der Waals surface area (Å²) < 4.78 is 0. The van der Waals surface area contributed by atoms with Crippen LogP contribution in [0.2, 0.25) is 0 Å². The fraction of sp³-hybridized carbons (Fsp3) is 0.500. The number of nitrogens with one attached hydrogen (secondary N) is 1. The summed E-state index contributed by atoms with van der Waals surface area (Å²) in [7, 11) is 2.10. The highest BCUT2D eigenvalue weighted by Gasteiger charge is 2.25. The maximum atomic E-state index is 10.7. The number of nitro benzene ring substituents is 1. The average molecular weight is 235 g/mol. The lowest BCUT2D eigenvalue weighted by Gasteiger charge is -2.14. The van der Waals surface area contributed by atoms with Gasteiger partial charge in [-0.3, -0.25) is 10.1 Å². The fourth-order valence-corrected chi connectivity index (χ4v) is 2.24. The summed E-state index contributed by atoms with van der Waals surface area (Å²) in [5.41, 5.74) is 0.959. The van der Waals surface area contributed by atoms with Crippen molar-refractivity contribution in [3.63, 3.8) is 0 Å². The first-order valence-corrected chi connectivity index (χ1v) is 5.77. The van der Waals surface area contributed by atoms with Crippen LogP contribution in [0.25, 0.3) is 0 Å². The second-order valence-corrected chi connectivity index (χ2v) is 4.67. The zero-order chi connectivity index (χ0) is 12.4. The van der Waals surface area contributed by atoms with Crippen LogP contribution in [0.1, 0.15) is 13.3 Å². The Labute approximate surface area is 101 Å². The largest absolute Gasteiger partial charge is 0.381 e. The van der Waals surface area contributed by atoms with Crippen LogP contribution in [0.15, 0.2) is 24.3 Å². The number of likely N-dealkylation sites (tertiary alicyclic amines) is 1. The molecule has 0 spiro atoms. The van der Waals surface area contributed by atoms with E-state index in [2.05, 4.69) is 24.2 Å². The zero-order valence-corrected chi connectivity index (χ0v) is 10.1. The second-order valence-electron chi connectivity index (χ2n) is 4.67. The number of anilines is 1. The van der Waals surface area contributed by atoms with Gasteiger partial charge in [0.2, 0.25) is 0 Å². The molecule has 1 aliphatic heterocycles. The lowest BCUT2D eigenvalue weighted by atomic mass is 10.2. The van der Waals surface area contributed by atoms with E-state index in [0.717, 1.165) is 18.7 Å². The van der Waals surface area contributed by atoms with E-state index >= 15 is 0 Å². The molecule has 2 unspecified atom stereocenters. The molecule has 1 heterocycles. The van der Waals surface area contributed by atoms with Crippen LogP contribution in [0.4, 0.5) is 11.4 Å². The monoisotopic (exact) mass is 235 g/mol. The van der Waals surface area contributed by atoms with Crippen LogP contribution in [-0.2, 0) is 0 Å². The van der Waals surface area contributed by atoms with E-state index in [9.17, 15) is 10.1 Å². The van der Waals surface area contributed by atoms with Crippen LogP contribution in [0.5, 0.6) is 0 Å². The molecule has 1 N–H and O–H groups in total. The van der Waals surface area contributed by atoms with Gasteiger partial charge < -0.3 is 10.2 Å². The fourth-order valence-electron chi connectivity index (χ4n) is 2.24. The minimum Gasteiger partial charge on any atom is -0.381 e. The highest BCUT2D eigenvalue weighted by Crippen LogP contribution is 2.22. The second kappa shape index (κ2) is 4.71. The molecule has 1 fully saturated rings. The molecule has 5 heteroatoms. The Hall–Kier alpha value is -1.62. The van der Waals surface area contributed by atoms with E-state index in [0.29, 0.717) is 12.1 Å². The summed E-state index contributed by atoms with van der Waals surface area (Å²) in [5.74, 6) is 0. The molecule has 2 atom stereocenters. The number of nitro groups is 1. The van der Waals surface area contributed by atoms with Crippen LogP contribution >= 0.6 is 0 Å². The molecule has 1 aromatic carbocycles. The normalized spacial score (nSPS) is 24.8. The molecular formula is C12H17N3O2. The topological polar surface area (TPSA) is 58.4 Å². The van der Waals surface area contributed by atoms with Crippen molar-refractivity contribution >= 4 is 11.4 Å². The number of non-ortho nitro benzene ring substituents is 1. The van der Waals surface area contributed by atoms with E-state index in [1.807, 2.05) is 6.07 Å². The molecule has 0 aliphatic carbocycles. The van der Waals surface area contributed by atoms with E-state index in [-0.39, 0.29) is 10.6 Å². The summed E-state index contributed by atoms with van der Waals surface area (Å²) >= 11 is 0. The van der Waals surface area contributed by atoms with Crippen LogP contribution < -0.4 is 5.32 Å². The average Bonchev–Trinajstić information content (AvgIpc) is 2.58. The first-order valence-electron chi connectivity index (χ1n) is 5.77. The predicted molar refractivity (Wildman–Crippen MR) is 67.2 cm³/mol. The lowest BCUT2D eigenvalue weighted by Crippen LogP contribution is -2.24. The summed E-state index contributed by atoms with van der Waals surface area (Å²) in [6.07, 6.45) is 1.07. The van der Waals surface area contributed by atoms with Gasteiger partial charge in [-0.1, -0.05) is 6.07 Å². The molecule has 1 aliphatic rings. The van der Waals surface area contributed by atoms with Crippen LogP contribution in [-0.4, -0.2) is 35.5 Å². The molecule has 0 aromatic heterocycles. The first kappa shape index (κ1) is 11.9. The Kier molecular flexibility index (Phi) is 3.28. The molecule has 1 saturated heterocycles. The van der Waals surface area contributed by atoms with Gasteiger partial charge in [0.1, 0.15) is 0 Å². The summed E-state index contributed by atoms with van der Waals surface area (Å²) in [4.78, 5) is 12.6. The number of benzene rings is 1. The molecule has 0 saturated carbocycles. The molecular weight excluding hydrogens is 218 g/mol. The third kappa shape index (κ3) is 2.74. The molecule has 92 valence electrons. The number of likely N-dealkylation sites (N-methyl/N-ethyl adjacent to an activating group) is 1. The van der Waals surface area contributed by atoms with Crippen molar-refractivity contribution in [3.05, 3.63) is 34.4 Å². The Morgan fingerprint density at radius 1 is 1.53 bits per heavy atom. The van der Waals surface area contributed by atoms with Gasteiger partial charge in [-0.25, -0.2) is 0 Å². The maximum Gasteiger partial charge on any atom is 0.271 e. The predicted octanol–water partition coefficient (Wildman–Crippen LogP) is 2.10. The highest BCUT2D eigenvalue weighted by atomic mass is 16.6. The van der Waals surface area contributed by atoms with E-state index < -0.39 is 0 Å². The number of rotatable bonds is 3. The number of nitrogens with zero attached hydrogens (tertiary/aromatic N) is 2. The molecule has 2 rings (SSSR count). The smallest absolute Gasteiger partial charge is 0.271 e. The van der Waals surface area contributed by atoms with Crippen LogP contribution in [0.3, 0.4) is 0 Å². The standard InChI is InChI=1S/C12H17N3O2/c1-9-6-11(8-14(9)2)13-10-4-3-5-12(7-10)15(16)17/h3-5,7,9,11,13H,6,8H2,1-2H3. The van der Waals surface area contributed by atoms with E-state index in [4.69, 9.17) is 0 Å². The van der Waals surface area contributed by atoms with Crippen molar-refractivity contribution in [1.82, 2.24) is 4.90 Å². The summed E-state index contributed by atoms with van der Waals surface area (Å²) in [5, 5.41) is 14.0. The number of hydrogen-bond donors (Lipinski definition) is 1. The maximum absolute atomic E-state index is 10.7. The SMILES string of the molecule is CC1CC(Nc2cccc([N+](=O)[O-])c2)CN1C. The minimum absolute atomic E-state index is 0.134. The highest BCUT2D eigenvalue weighted by molar-refractivity contribution is 5.51. The summed E-state index contributed by atoms with van der Waals surface area (Å²) in [6.45, 7) is 3.17. The van der Waals surface area contributed by atoms with Gasteiger partial charge in [-0.15, -0.1) is 0 Å². The Balaban J connectivity index is 2.04. The summed E-state index contributed by atoms with van der Waals surface area (Å²) in [6, 6.07) is 7.61. The van der Waals surface area contributed by atoms with Crippen molar-refractivity contribution in [1.29, 1.82) is 0 Å². The quantitative estimate of drug-likeness (QED) is 0.644. The van der Waals surface area contributed by atoms with Crippen molar-refractivity contribution in [2.75, 3.05) is 18.9 Å². The molecule has 17 heavy (non-hydrogen) atoms. The third-order valence-corrected chi connectivity index (χ3v) is 3.31. The third-order valence-electron chi connectivity index (χ3n) is 3.31. The number of hydrogen-bond acceptors (Lipinski definition) is 4. The van der Waals surface area contributed by atoms with Gasteiger partial charge in [-0.2, -0.15) is 0 Å². The Morgan fingerprint density at radius 2 is 2.29 bits per heavy atom. The van der Waals surface area contributed by atoms with Gasteiger partial charge in [0, 0.05) is 36.4 Å². The molecule has 0 radical (unpaired) electrons. The molecule has 1 aromatic rings. The van der Waals surface area contributed by atoms with Crippen LogP contribution in [0, 0.1) is 10.1 Å². The first-order chi connectivity index (χ1) is 8.06. The van der Waals surface area contributed by atoms with E-state index in [1.165, 1.54) is 6.07 Å². The van der Waals surface area contributed by atoms with Crippen molar-refractivity contribution < 1.29 is 4.92 Å². The van der Waals surface area contributed by atoms with Gasteiger partial charge >= 0.3 is 0 Å². The van der Waals surface area contributed by atoms with Gasteiger partial charge in [-0.05, 0) is 26.5 Å². The Bertz CT molecular complexity index is 412. The Morgan fingerprint density at radius 3 is 2.88 bits per heavy atom. The van der Waals surface area contributed by atoms with Gasteiger partial charge in [0.05, 0.1) is 4.92 Å². The molecule has 0 bridgehead atoms. The van der Waals surface area contributed by atoms with Crippen molar-refractivity contribution in [2.24, 2.45) is 0 Å². The van der Waals surface area contributed by atoms with Crippen molar-refractivity contribution in [2.45, 2.75) is 25.4 Å². The zero-order valence-electron chi connectivity index (χ0n) is 10.1. The van der Waals surface area contributed by atoms with E-state index in [1.54, 1.807) is 12.1 Å². The lowest BCUT2D eigenvalue weighted by molar-refractivity contribution is -0.384. The van der Waals surface area contributed by atoms with Gasteiger partial charge in [0.15, 0.2) is 0 Å². The van der Waals surface area contributed by atoms with Crippen molar-refractivity contribution in [3.8, 4) is 0 Å². The van der Waals surface area contributed by atoms with Gasteiger partial charge in [0.25, 0.3) is 5.69 Å².